The molecule has 18 heavy (non-hydrogen) atoms. The number of carbonyl (C=O) groups is 1. The zero-order valence-electron chi connectivity index (χ0n) is 11.1. The molecule has 4 bridgehead atoms. The van der Waals surface area contributed by atoms with Crippen LogP contribution in [0, 0.1) is 35.0 Å². The van der Waals surface area contributed by atoms with Crippen LogP contribution in [0.1, 0.15) is 57.8 Å². The van der Waals surface area contributed by atoms with E-state index in [4.69, 9.17) is 5.11 Å². The Hall–Kier alpha value is -0.530. The summed E-state index contributed by atoms with van der Waals surface area (Å²) in [5.74, 6) is 3.90. The molecular weight excluding hydrogens is 224 g/mol. The molecule has 0 amide bonds. The molecular formula is C16H24O2. The monoisotopic (exact) mass is 248 g/mol. The van der Waals surface area contributed by atoms with Crippen LogP contribution in [-0.2, 0) is 4.79 Å². The third kappa shape index (κ3) is 1.64. The van der Waals surface area contributed by atoms with Crippen molar-refractivity contribution >= 4 is 5.97 Å². The van der Waals surface area contributed by atoms with Gasteiger partial charge >= 0.3 is 5.97 Å². The SMILES string of the molecule is O=C(O)CC1CC(C23CC4CC(CC(C4)C2)C3)C1. The molecule has 100 valence electrons. The quantitative estimate of drug-likeness (QED) is 0.826. The lowest BCUT2D eigenvalue weighted by Gasteiger charge is -2.62. The second-order valence-corrected chi connectivity index (χ2v) is 7.91. The summed E-state index contributed by atoms with van der Waals surface area (Å²) in [6, 6.07) is 0. The molecule has 1 N–H and O–H groups in total. The number of carboxylic acid groups (broad SMARTS) is 1. The molecule has 0 atom stereocenters. The Morgan fingerprint density at radius 3 is 1.89 bits per heavy atom. The Labute approximate surface area is 109 Å². The van der Waals surface area contributed by atoms with Gasteiger partial charge in [-0.05, 0) is 86.4 Å². The van der Waals surface area contributed by atoms with Crippen molar-refractivity contribution in [3.8, 4) is 0 Å². The van der Waals surface area contributed by atoms with Crippen LogP contribution in [0.2, 0.25) is 0 Å². The first kappa shape index (κ1) is 11.3. The zero-order chi connectivity index (χ0) is 12.3. The molecule has 0 aromatic carbocycles. The van der Waals surface area contributed by atoms with E-state index in [2.05, 4.69) is 0 Å². The van der Waals surface area contributed by atoms with Crippen LogP contribution in [0.25, 0.3) is 0 Å². The molecule has 0 heterocycles. The van der Waals surface area contributed by atoms with Gasteiger partial charge in [-0.1, -0.05) is 0 Å². The van der Waals surface area contributed by atoms with Crippen molar-refractivity contribution in [1.82, 2.24) is 0 Å². The van der Waals surface area contributed by atoms with Crippen molar-refractivity contribution in [1.29, 1.82) is 0 Å². The Kier molecular flexibility index (Phi) is 2.35. The molecule has 0 saturated heterocycles. The van der Waals surface area contributed by atoms with Crippen LogP contribution in [-0.4, -0.2) is 11.1 Å². The van der Waals surface area contributed by atoms with Crippen molar-refractivity contribution in [3.63, 3.8) is 0 Å². The minimum atomic E-state index is -0.594. The van der Waals surface area contributed by atoms with Gasteiger partial charge in [0.25, 0.3) is 0 Å². The van der Waals surface area contributed by atoms with E-state index in [1.54, 1.807) is 0 Å². The van der Waals surface area contributed by atoms with E-state index < -0.39 is 5.97 Å². The third-order valence-electron chi connectivity index (χ3n) is 6.65. The first-order chi connectivity index (χ1) is 8.63. The predicted octanol–water partition coefficient (Wildman–Crippen LogP) is 3.70. The number of carboxylic acids is 1. The molecule has 5 saturated carbocycles. The summed E-state index contributed by atoms with van der Waals surface area (Å²) in [6.07, 6.45) is 11.9. The lowest BCUT2D eigenvalue weighted by molar-refractivity contribution is -0.144. The minimum absolute atomic E-state index is 0.420. The largest absolute Gasteiger partial charge is 0.481 e. The van der Waals surface area contributed by atoms with Gasteiger partial charge in [0.2, 0.25) is 0 Å². The number of hydrogen-bond acceptors (Lipinski definition) is 1. The van der Waals surface area contributed by atoms with Gasteiger partial charge in [0, 0.05) is 6.42 Å². The highest BCUT2D eigenvalue weighted by Crippen LogP contribution is 2.66. The highest BCUT2D eigenvalue weighted by Gasteiger charge is 2.56. The van der Waals surface area contributed by atoms with Gasteiger partial charge in [0.15, 0.2) is 0 Å². The maximum Gasteiger partial charge on any atom is 0.303 e. The number of rotatable bonds is 3. The minimum Gasteiger partial charge on any atom is -0.481 e. The normalized spacial score (nSPS) is 53.2. The highest BCUT2D eigenvalue weighted by molar-refractivity contribution is 5.67. The molecule has 5 fully saturated rings. The van der Waals surface area contributed by atoms with Gasteiger partial charge in [-0.2, -0.15) is 0 Å². The van der Waals surface area contributed by atoms with E-state index in [0.717, 1.165) is 23.7 Å². The second-order valence-electron chi connectivity index (χ2n) is 7.91. The fourth-order valence-corrected chi connectivity index (χ4v) is 6.33. The molecule has 5 rings (SSSR count). The summed E-state index contributed by atoms with van der Waals surface area (Å²) in [7, 11) is 0. The van der Waals surface area contributed by atoms with Crippen molar-refractivity contribution in [2.24, 2.45) is 35.0 Å². The average Bonchev–Trinajstić information content (AvgIpc) is 2.20. The summed E-state index contributed by atoms with van der Waals surface area (Å²) in [5.41, 5.74) is 0.670. The van der Waals surface area contributed by atoms with Gasteiger partial charge in [0.05, 0.1) is 0 Å². The molecule has 5 aliphatic carbocycles. The molecule has 2 heteroatoms. The van der Waals surface area contributed by atoms with Crippen LogP contribution in [0.4, 0.5) is 0 Å². The molecule has 5 aliphatic rings. The molecule has 0 unspecified atom stereocenters. The molecule has 2 nitrogen and oxygen atoms in total. The first-order valence-electron chi connectivity index (χ1n) is 7.85. The Morgan fingerprint density at radius 2 is 1.44 bits per heavy atom. The zero-order valence-corrected chi connectivity index (χ0v) is 11.1. The van der Waals surface area contributed by atoms with Crippen molar-refractivity contribution in [2.45, 2.75) is 57.8 Å². The summed E-state index contributed by atoms with van der Waals surface area (Å²) >= 11 is 0. The van der Waals surface area contributed by atoms with Gasteiger partial charge in [0.1, 0.15) is 0 Å². The summed E-state index contributed by atoms with van der Waals surface area (Å²) < 4.78 is 0. The summed E-state index contributed by atoms with van der Waals surface area (Å²) in [4.78, 5) is 10.8. The summed E-state index contributed by atoms with van der Waals surface area (Å²) in [6.45, 7) is 0. The molecule has 0 aromatic heterocycles. The van der Waals surface area contributed by atoms with Gasteiger partial charge in [-0.25, -0.2) is 0 Å². The topological polar surface area (TPSA) is 37.3 Å². The van der Waals surface area contributed by atoms with E-state index in [1.807, 2.05) is 0 Å². The van der Waals surface area contributed by atoms with E-state index >= 15 is 0 Å². The van der Waals surface area contributed by atoms with E-state index in [-0.39, 0.29) is 0 Å². The standard InChI is InChI=1S/C16H24O2/c17-15(18)6-10-4-14(5-10)16-7-11-1-12(8-16)3-13(2-11)9-16/h10-14H,1-9H2,(H,17,18). The smallest absolute Gasteiger partial charge is 0.303 e. The van der Waals surface area contributed by atoms with Gasteiger partial charge in [-0.3, -0.25) is 4.79 Å². The fraction of sp³-hybridized carbons (Fsp3) is 0.938. The lowest BCUT2D eigenvalue weighted by atomic mass is 9.43. The third-order valence-corrected chi connectivity index (χ3v) is 6.65. The Bertz CT molecular complexity index is 332. The molecule has 0 radical (unpaired) electrons. The van der Waals surface area contributed by atoms with E-state index in [9.17, 15) is 4.79 Å². The van der Waals surface area contributed by atoms with E-state index in [0.29, 0.717) is 17.8 Å². The first-order valence-corrected chi connectivity index (χ1v) is 7.85. The van der Waals surface area contributed by atoms with Gasteiger partial charge < -0.3 is 5.11 Å². The van der Waals surface area contributed by atoms with E-state index in [1.165, 1.54) is 51.4 Å². The van der Waals surface area contributed by atoms with Crippen LogP contribution < -0.4 is 0 Å². The number of aliphatic carboxylic acids is 1. The summed E-state index contributed by atoms with van der Waals surface area (Å²) in [5, 5.41) is 8.87. The molecule has 0 spiro atoms. The van der Waals surface area contributed by atoms with Crippen LogP contribution in [0.3, 0.4) is 0 Å². The van der Waals surface area contributed by atoms with Crippen molar-refractivity contribution in [2.75, 3.05) is 0 Å². The number of hydrogen-bond donors (Lipinski definition) is 1. The highest BCUT2D eigenvalue weighted by atomic mass is 16.4. The second kappa shape index (κ2) is 3.74. The molecule has 0 aromatic rings. The van der Waals surface area contributed by atoms with Crippen molar-refractivity contribution < 1.29 is 9.90 Å². The van der Waals surface area contributed by atoms with Crippen molar-refractivity contribution in [3.05, 3.63) is 0 Å². The molecule has 0 aliphatic heterocycles. The fourth-order valence-electron chi connectivity index (χ4n) is 6.33. The predicted molar refractivity (Wildman–Crippen MR) is 69.1 cm³/mol. The maximum atomic E-state index is 10.8. The van der Waals surface area contributed by atoms with Gasteiger partial charge in [-0.15, -0.1) is 0 Å². The van der Waals surface area contributed by atoms with Crippen LogP contribution >= 0.6 is 0 Å². The maximum absolute atomic E-state index is 10.8. The lowest BCUT2D eigenvalue weighted by Crippen LogP contribution is -2.52. The Balaban J connectivity index is 1.44. The van der Waals surface area contributed by atoms with Crippen LogP contribution in [0.5, 0.6) is 0 Å². The average molecular weight is 248 g/mol. The Morgan fingerprint density at radius 1 is 0.944 bits per heavy atom. The van der Waals surface area contributed by atoms with Crippen LogP contribution in [0.15, 0.2) is 0 Å².